The standard InChI is InChI=1S/C17H19NO2/c1-13-5-3-7-15(11-13)18(2)12-14-6-4-8-16-17(14)20-10-9-19-16/h3-8,11H,9-10,12H2,1-2H3. The number of para-hydroxylation sites is 1. The SMILES string of the molecule is Cc1cccc(N(C)Cc2cccc3c2OCCO3)c1. The van der Waals surface area contributed by atoms with Gasteiger partial charge in [-0.1, -0.05) is 24.3 Å². The first-order valence-electron chi connectivity index (χ1n) is 6.89. The quantitative estimate of drug-likeness (QED) is 0.852. The van der Waals surface area contributed by atoms with Gasteiger partial charge in [0.15, 0.2) is 11.5 Å². The fourth-order valence-corrected chi connectivity index (χ4v) is 2.47. The van der Waals surface area contributed by atoms with Gasteiger partial charge in [0, 0.05) is 24.8 Å². The molecule has 1 heterocycles. The zero-order chi connectivity index (χ0) is 13.9. The molecule has 0 N–H and O–H groups in total. The van der Waals surface area contributed by atoms with E-state index in [9.17, 15) is 0 Å². The Labute approximate surface area is 119 Å². The Balaban J connectivity index is 1.84. The van der Waals surface area contributed by atoms with Crippen molar-refractivity contribution in [2.24, 2.45) is 0 Å². The molecule has 3 heteroatoms. The Morgan fingerprint density at radius 3 is 2.70 bits per heavy atom. The van der Waals surface area contributed by atoms with Gasteiger partial charge in [-0.15, -0.1) is 0 Å². The molecule has 20 heavy (non-hydrogen) atoms. The average molecular weight is 269 g/mol. The molecule has 0 radical (unpaired) electrons. The molecule has 1 aliphatic heterocycles. The van der Waals surface area contributed by atoms with Gasteiger partial charge in [-0.2, -0.15) is 0 Å². The van der Waals surface area contributed by atoms with Crippen molar-refractivity contribution in [3.05, 3.63) is 53.6 Å². The van der Waals surface area contributed by atoms with Crippen LogP contribution in [0.2, 0.25) is 0 Å². The van der Waals surface area contributed by atoms with Crippen molar-refractivity contribution in [1.82, 2.24) is 0 Å². The highest BCUT2D eigenvalue weighted by Gasteiger charge is 2.16. The Bertz CT molecular complexity index is 610. The summed E-state index contributed by atoms with van der Waals surface area (Å²) >= 11 is 0. The van der Waals surface area contributed by atoms with Crippen molar-refractivity contribution in [3.63, 3.8) is 0 Å². The molecule has 3 nitrogen and oxygen atoms in total. The average Bonchev–Trinajstić information content (AvgIpc) is 2.47. The molecule has 0 saturated heterocycles. The second-order valence-electron chi connectivity index (χ2n) is 5.14. The van der Waals surface area contributed by atoms with Gasteiger partial charge in [0.1, 0.15) is 13.2 Å². The Kier molecular flexibility index (Phi) is 3.50. The summed E-state index contributed by atoms with van der Waals surface area (Å²) in [6.07, 6.45) is 0. The molecule has 2 aromatic carbocycles. The maximum atomic E-state index is 5.76. The lowest BCUT2D eigenvalue weighted by Gasteiger charge is -2.25. The van der Waals surface area contributed by atoms with Gasteiger partial charge in [-0.05, 0) is 30.7 Å². The third-order valence-corrected chi connectivity index (χ3v) is 3.50. The maximum Gasteiger partial charge on any atom is 0.166 e. The van der Waals surface area contributed by atoms with E-state index in [2.05, 4.69) is 49.2 Å². The molecule has 0 fully saturated rings. The number of aryl methyl sites for hydroxylation is 1. The molecule has 0 bridgehead atoms. The van der Waals surface area contributed by atoms with Crippen LogP contribution in [0.25, 0.3) is 0 Å². The van der Waals surface area contributed by atoms with E-state index in [1.54, 1.807) is 0 Å². The van der Waals surface area contributed by atoms with Crippen LogP contribution in [0.1, 0.15) is 11.1 Å². The monoisotopic (exact) mass is 269 g/mol. The van der Waals surface area contributed by atoms with E-state index in [0.29, 0.717) is 13.2 Å². The van der Waals surface area contributed by atoms with Crippen LogP contribution >= 0.6 is 0 Å². The predicted molar refractivity (Wildman–Crippen MR) is 80.7 cm³/mol. The minimum absolute atomic E-state index is 0.623. The van der Waals surface area contributed by atoms with Gasteiger partial charge in [0.25, 0.3) is 0 Å². The van der Waals surface area contributed by atoms with E-state index in [-0.39, 0.29) is 0 Å². The highest BCUT2D eigenvalue weighted by Crippen LogP contribution is 2.34. The molecule has 1 aliphatic rings. The fraction of sp³-hybridized carbons (Fsp3) is 0.294. The van der Waals surface area contributed by atoms with E-state index < -0.39 is 0 Å². The first kappa shape index (κ1) is 12.9. The molecule has 3 rings (SSSR count). The van der Waals surface area contributed by atoms with Gasteiger partial charge in [0.05, 0.1) is 0 Å². The van der Waals surface area contributed by atoms with E-state index >= 15 is 0 Å². The van der Waals surface area contributed by atoms with Crippen LogP contribution in [-0.4, -0.2) is 20.3 Å². The first-order valence-corrected chi connectivity index (χ1v) is 6.89. The highest BCUT2D eigenvalue weighted by atomic mass is 16.6. The summed E-state index contributed by atoms with van der Waals surface area (Å²) in [4.78, 5) is 2.22. The molecule has 0 unspecified atom stereocenters. The number of hydrogen-bond donors (Lipinski definition) is 0. The minimum Gasteiger partial charge on any atom is -0.486 e. The van der Waals surface area contributed by atoms with E-state index in [1.165, 1.54) is 11.3 Å². The third-order valence-electron chi connectivity index (χ3n) is 3.50. The molecule has 0 spiro atoms. The molecular formula is C17H19NO2. The molecule has 0 atom stereocenters. The smallest absolute Gasteiger partial charge is 0.166 e. The second-order valence-corrected chi connectivity index (χ2v) is 5.14. The third kappa shape index (κ3) is 2.57. The van der Waals surface area contributed by atoms with E-state index in [4.69, 9.17) is 9.47 Å². The van der Waals surface area contributed by atoms with Crippen LogP contribution < -0.4 is 14.4 Å². The van der Waals surface area contributed by atoms with Crippen molar-refractivity contribution < 1.29 is 9.47 Å². The summed E-state index contributed by atoms with van der Waals surface area (Å²) in [5.74, 6) is 1.74. The summed E-state index contributed by atoms with van der Waals surface area (Å²) in [6, 6.07) is 14.6. The van der Waals surface area contributed by atoms with Crippen LogP contribution in [0.3, 0.4) is 0 Å². The van der Waals surface area contributed by atoms with Crippen molar-refractivity contribution in [1.29, 1.82) is 0 Å². The summed E-state index contributed by atoms with van der Waals surface area (Å²) in [5.41, 5.74) is 3.63. The molecular weight excluding hydrogens is 250 g/mol. The summed E-state index contributed by atoms with van der Waals surface area (Å²) in [5, 5.41) is 0. The van der Waals surface area contributed by atoms with Crippen molar-refractivity contribution in [2.75, 3.05) is 25.2 Å². The topological polar surface area (TPSA) is 21.7 Å². The van der Waals surface area contributed by atoms with Gasteiger partial charge in [-0.25, -0.2) is 0 Å². The predicted octanol–water partition coefficient (Wildman–Crippen LogP) is 3.40. The number of nitrogens with zero attached hydrogens (tertiary/aromatic N) is 1. The zero-order valence-electron chi connectivity index (χ0n) is 11.9. The lowest BCUT2D eigenvalue weighted by atomic mass is 10.1. The van der Waals surface area contributed by atoms with Gasteiger partial charge < -0.3 is 14.4 Å². The lowest BCUT2D eigenvalue weighted by molar-refractivity contribution is 0.170. The highest BCUT2D eigenvalue weighted by molar-refractivity contribution is 5.52. The molecule has 2 aromatic rings. The molecule has 104 valence electrons. The molecule has 0 saturated carbocycles. The van der Waals surface area contributed by atoms with Crippen LogP contribution in [0.15, 0.2) is 42.5 Å². The zero-order valence-corrected chi connectivity index (χ0v) is 11.9. The molecule has 0 aromatic heterocycles. The number of rotatable bonds is 3. The van der Waals surface area contributed by atoms with Crippen LogP contribution in [0.5, 0.6) is 11.5 Å². The number of fused-ring (bicyclic) bond motifs is 1. The summed E-state index contributed by atoms with van der Waals surface area (Å²) in [7, 11) is 2.10. The Hall–Kier alpha value is -2.16. The number of hydrogen-bond acceptors (Lipinski definition) is 3. The molecule has 0 aliphatic carbocycles. The van der Waals surface area contributed by atoms with Crippen molar-refractivity contribution >= 4 is 5.69 Å². The second kappa shape index (κ2) is 5.45. The lowest BCUT2D eigenvalue weighted by Crippen LogP contribution is -2.20. The van der Waals surface area contributed by atoms with Crippen molar-refractivity contribution in [2.45, 2.75) is 13.5 Å². The Morgan fingerprint density at radius 2 is 1.85 bits per heavy atom. The van der Waals surface area contributed by atoms with Crippen LogP contribution in [0.4, 0.5) is 5.69 Å². The largest absolute Gasteiger partial charge is 0.486 e. The number of benzene rings is 2. The molecule has 0 amide bonds. The van der Waals surface area contributed by atoms with Crippen LogP contribution in [0, 0.1) is 6.92 Å². The van der Waals surface area contributed by atoms with E-state index in [1.807, 2.05) is 12.1 Å². The maximum absolute atomic E-state index is 5.76. The summed E-state index contributed by atoms with van der Waals surface area (Å²) in [6.45, 7) is 4.16. The first-order chi connectivity index (χ1) is 9.74. The van der Waals surface area contributed by atoms with E-state index in [0.717, 1.165) is 23.6 Å². The minimum atomic E-state index is 0.623. The van der Waals surface area contributed by atoms with Crippen molar-refractivity contribution in [3.8, 4) is 11.5 Å². The number of anilines is 1. The number of ether oxygens (including phenoxy) is 2. The van der Waals surface area contributed by atoms with Crippen LogP contribution in [-0.2, 0) is 6.54 Å². The Morgan fingerprint density at radius 1 is 1.05 bits per heavy atom. The van der Waals surface area contributed by atoms with Gasteiger partial charge in [0.2, 0.25) is 0 Å². The normalized spacial score (nSPS) is 13.1. The van der Waals surface area contributed by atoms with Gasteiger partial charge >= 0.3 is 0 Å². The van der Waals surface area contributed by atoms with Gasteiger partial charge in [-0.3, -0.25) is 0 Å². The summed E-state index contributed by atoms with van der Waals surface area (Å²) < 4.78 is 11.4. The fourth-order valence-electron chi connectivity index (χ4n) is 2.47.